The van der Waals surface area contributed by atoms with Crippen LogP contribution in [-0.4, -0.2) is 27.2 Å². The molecule has 0 N–H and O–H groups in total. The fourth-order valence-electron chi connectivity index (χ4n) is 2.19. The van der Waals surface area contributed by atoms with Crippen molar-refractivity contribution in [1.82, 2.24) is 0 Å². The summed E-state index contributed by atoms with van der Waals surface area (Å²) in [6.45, 7) is 10.6. The van der Waals surface area contributed by atoms with Gasteiger partial charge >= 0.3 is 0 Å². The Hall–Kier alpha value is -0.900. The van der Waals surface area contributed by atoms with Crippen LogP contribution in [0.2, 0.25) is 0 Å². The molecule has 0 bridgehead atoms. The molecule has 4 heteroatoms. The first-order chi connectivity index (χ1) is 8.69. The summed E-state index contributed by atoms with van der Waals surface area (Å²) in [4.78, 5) is 16.0. The molecule has 0 atom stereocenters. The van der Waals surface area contributed by atoms with Crippen LogP contribution in [0.5, 0.6) is 0 Å². The van der Waals surface area contributed by atoms with Crippen LogP contribution in [-0.2, 0) is 0 Å². The van der Waals surface area contributed by atoms with E-state index in [1.165, 1.54) is 6.42 Å². The van der Waals surface area contributed by atoms with Crippen molar-refractivity contribution in [3.8, 4) is 0 Å². The van der Waals surface area contributed by atoms with E-state index >= 15 is 0 Å². The van der Waals surface area contributed by atoms with Crippen LogP contribution >= 0.6 is 12.2 Å². The quantitative estimate of drug-likeness (QED) is 0.746. The Bertz CT molecular complexity index is 495. The van der Waals surface area contributed by atoms with E-state index in [0.29, 0.717) is 9.93 Å². The van der Waals surface area contributed by atoms with Crippen LogP contribution in [0.25, 0.3) is 0 Å². The van der Waals surface area contributed by atoms with Gasteiger partial charge in [0.05, 0.1) is 5.69 Å². The van der Waals surface area contributed by atoms with Gasteiger partial charge in [0.1, 0.15) is 10.2 Å². The van der Waals surface area contributed by atoms with E-state index in [0.717, 1.165) is 30.9 Å². The molecular weight excluding hydrogens is 256 g/mol. The molecule has 0 aromatic heterocycles. The maximum atomic E-state index is 11.8. The van der Waals surface area contributed by atoms with Gasteiger partial charge in [-0.25, -0.2) is 0 Å². The van der Waals surface area contributed by atoms with Gasteiger partial charge in [0.2, 0.25) is 5.43 Å². The van der Waals surface area contributed by atoms with Gasteiger partial charge in [-0.15, -0.1) is 0 Å². The number of rotatable bonds is 6. The first kappa shape index (κ1) is 16.2. The van der Waals surface area contributed by atoms with E-state index < -0.39 is 0 Å². The third-order valence-electron chi connectivity index (χ3n) is 3.52. The summed E-state index contributed by atoms with van der Waals surface area (Å²) in [7, 11) is 3.97. The third kappa shape index (κ3) is 3.78. The van der Waals surface area contributed by atoms with Crippen LogP contribution < -0.4 is 15.2 Å². The molecule has 0 radical (unpaired) electrons. The Balaban J connectivity index is 2.73. The van der Waals surface area contributed by atoms with Crippen LogP contribution in [0.15, 0.2) is 4.79 Å². The lowest BCUT2D eigenvalue weighted by Crippen LogP contribution is -2.33. The van der Waals surface area contributed by atoms with Crippen molar-refractivity contribution in [3.63, 3.8) is 0 Å². The lowest BCUT2D eigenvalue weighted by Gasteiger charge is -2.29. The van der Waals surface area contributed by atoms with Crippen molar-refractivity contribution < 1.29 is 0 Å². The minimum atomic E-state index is 0.0250. The Labute approximate surface area is 121 Å². The van der Waals surface area contributed by atoms with E-state index in [1.54, 1.807) is 0 Å². The second kappa shape index (κ2) is 6.04. The fourth-order valence-corrected chi connectivity index (χ4v) is 2.54. The zero-order chi connectivity index (χ0) is 14.8. The van der Waals surface area contributed by atoms with E-state index in [1.807, 2.05) is 25.9 Å². The van der Waals surface area contributed by atoms with Gasteiger partial charge in [-0.05, 0) is 25.2 Å². The molecule has 0 aliphatic carbocycles. The largest absolute Gasteiger partial charge is 0.372 e. The average molecular weight is 282 g/mol. The Kier molecular flexibility index (Phi) is 5.13. The maximum Gasteiger partial charge on any atom is 0.224 e. The van der Waals surface area contributed by atoms with Crippen molar-refractivity contribution in [2.24, 2.45) is 5.41 Å². The number of anilines is 2. The normalized spacial score (nSPS) is 11.9. The first-order valence-electron chi connectivity index (χ1n) is 6.94. The molecule has 0 saturated heterocycles. The van der Waals surface area contributed by atoms with Crippen molar-refractivity contribution in [1.29, 1.82) is 0 Å². The first-order valence-corrected chi connectivity index (χ1v) is 7.35. The Morgan fingerprint density at radius 1 is 1.11 bits per heavy atom. The smallest absolute Gasteiger partial charge is 0.224 e. The molecule has 0 spiro atoms. The van der Waals surface area contributed by atoms with Gasteiger partial charge in [0.15, 0.2) is 0 Å². The summed E-state index contributed by atoms with van der Waals surface area (Å²) in [5.74, 6) is 0. The van der Waals surface area contributed by atoms with Crippen LogP contribution in [0, 0.1) is 9.93 Å². The Morgan fingerprint density at radius 2 is 1.68 bits per heavy atom. The van der Waals surface area contributed by atoms with Crippen LogP contribution in [0.4, 0.5) is 11.4 Å². The van der Waals surface area contributed by atoms with Gasteiger partial charge in [0.25, 0.3) is 0 Å². The summed E-state index contributed by atoms with van der Waals surface area (Å²) in [5, 5.41) is 0. The summed E-state index contributed by atoms with van der Waals surface area (Å²) < 4.78 is 0.494. The van der Waals surface area contributed by atoms with Crippen LogP contribution in [0.1, 0.15) is 40.5 Å². The van der Waals surface area contributed by atoms with E-state index in [-0.39, 0.29) is 5.43 Å². The molecule has 108 valence electrons. The molecule has 0 aliphatic heterocycles. The van der Waals surface area contributed by atoms with Gasteiger partial charge in [-0.2, -0.15) is 0 Å². The lowest BCUT2D eigenvalue weighted by atomic mass is 9.90. The highest BCUT2D eigenvalue weighted by atomic mass is 32.1. The molecule has 0 amide bonds. The number of hydrogen-bond donors (Lipinski definition) is 0. The minimum absolute atomic E-state index is 0.0250. The molecule has 0 fully saturated rings. The maximum absolute atomic E-state index is 11.8. The highest BCUT2D eigenvalue weighted by Crippen LogP contribution is 2.30. The standard InChI is InChI=1S/C15H26N2OS/c1-7-16(5)11-12(14(19)13(11)18)17(6)10-8-9-15(2,3)4/h7-10H2,1-6H3. The fraction of sp³-hybridized carbons (Fsp3) is 0.733. The zero-order valence-electron chi connectivity index (χ0n) is 13.0. The average Bonchev–Trinajstić information content (AvgIpc) is 2.31. The molecule has 1 aromatic rings. The molecule has 1 rings (SSSR count). The summed E-state index contributed by atoms with van der Waals surface area (Å²) in [5.41, 5.74) is 2.12. The monoisotopic (exact) mass is 282 g/mol. The molecule has 0 heterocycles. The summed E-state index contributed by atoms with van der Waals surface area (Å²) in [6, 6.07) is 0. The van der Waals surface area contributed by atoms with Gasteiger partial charge in [-0.3, -0.25) is 4.79 Å². The molecule has 0 unspecified atom stereocenters. The molecule has 3 nitrogen and oxygen atoms in total. The van der Waals surface area contributed by atoms with Gasteiger partial charge in [-0.1, -0.05) is 33.0 Å². The van der Waals surface area contributed by atoms with Crippen molar-refractivity contribution in [2.45, 2.75) is 40.5 Å². The highest BCUT2D eigenvalue weighted by Gasteiger charge is 2.23. The molecule has 19 heavy (non-hydrogen) atoms. The molecule has 0 saturated carbocycles. The molecular formula is C15H26N2OS. The van der Waals surface area contributed by atoms with Gasteiger partial charge < -0.3 is 9.80 Å². The topological polar surface area (TPSA) is 23.6 Å². The molecule has 0 aliphatic rings. The predicted octanol–water partition coefficient (Wildman–Crippen LogP) is 3.37. The number of nitrogens with zero attached hydrogens (tertiary/aromatic N) is 2. The zero-order valence-corrected chi connectivity index (χ0v) is 13.9. The van der Waals surface area contributed by atoms with Crippen molar-refractivity contribution in [2.75, 3.05) is 37.0 Å². The van der Waals surface area contributed by atoms with Crippen molar-refractivity contribution in [3.05, 3.63) is 14.7 Å². The van der Waals surface area contributed by atoms with Crippen molar-refractivity contribution >= 4 is 23.6 Å². The highest BCUT2D eigenvalue weighted by molar-refractivity contribution is 7.71. The van der Waals surface area contributed by atoms with Gasteiger partial charge in [0, 0.05) is 27.2 Å². The van der Waals surface area contributed by atoms with E-state index in [2.05, 4.69) is 25.7 Å². The predicted molar refractivity (Wildman–Crippen MR) is 86.8 cm³/mol. The summed E-state index contributed by atoms with van der Waals surface area (Å²) in [6.07, 6.45) is 2.29. The van der Waals surface area contributed by atoms with E-state index in [4.69, 9.17) is 12.2 Å². The molecule has 1 aromatic carbocycles. The second-order valence-corrected chi connectivity index (χ2v) is 6.86. The lowest BCUT2D eigenvalue weighted by molar-refractivity contribution is 0.367. The number of hydrogen-bond acceptors (Lipinski definition) is 4. The summed E-state index contributed by atoms with van der Waals surface area (Å²) >= 11 is 5.20. The minimum Gasteiger partial charge on any atom is -0.372 e. The van der Waals surface area contributed by atoms with E-state index in [9.17, 15) is 4.79 Å². The second-order valence-electron chi connectivity index (χ2n) is 6.46. The van der Waals surface area contributed by atoms with Crippen LogP contribution in [0.3, 0.4) is 0 Å². The third-order valence-corrected chi connectivity index (χ3v) is 3.90. The SMILES string of the molecule is CCN(C)c1c(N(C)CCCC(C)(C)C)c(=S)c1=O. The Morgan fingerprint density at radius 3 is 2.16 bits per heavy atom.